The van der Waals surface area contributed by atoms with E-state index in [9.17, 15) is 28.7 Å². The lowest BCUT2D eigenvalue weighted by Gasteiger charge is -2.42. The summed E-state index contributed by atoms with van der Waals surface area (Å²) >= 11 is 3.36. The van der Waals surface area contributed by atoms with Gasteiger partial charge in [0.25, 0.3) is 0 Å². The highest BCUT2D eigenvalue weighted by molar-refractivity contribution is 9.10. The predicted molar refractivity (Wildman–Crippen MR) is 136 cm³/mol. The molecule has 37 heavy (non-hydrogen) atoms. The Morgan fingerprint density at radius 1 is 1.00 bits per heavy atom. The third-order valence-corrected chi connectivity index (χ3v) is 8.51. The van der Waals surface area contributed by atoms with Crippen molar-refractivity contribution in [3.63, 3.8) is 0 Å². The van der Waals surface area contributed by atoms with E-state index in [2.05, 4.69) is 15.9 Å². The van der Waals surface area contributed by atoms with Crippen LogP contribution in [0.25, 0.3) is 0 Å². The minimum atomic E-state index is -0.893. The molecule has 4 atom stereocenters. The Morgan fingerprint density at radius 2 is 1.73 bits per heavy atom. The van der Waals surface area contributed by atoms with E-state index in [1.54, 1.807) is 31.2 Å². The van der Waals surface area contributed by atoms with Crippen molar-refractivity contribution in [3.8, 4) is 5.75 Å². The first-order valence-corrected chi connectivity index (χ1v) is 12.8. The molecule has 0 spiro atoms. The Hall–Kier alpha value is -3.65. The fourth-order valence-electron chi connectivity index (χ4n) is 6.33. The molecule has 186 valence electrons. The number of rotatable bonds is 2. The van der Waals surface area contributed by atoms with Gasteiger partial charge in [-0.05, 0) is 62.1 Å². The van der Waals surface area contributed by atoms with Crippen LogP contribution in [-0.4, -0.2) is 28.5 Å². The van der Waals surface area contributed by atoms with Crippen LogP contribution >= 0.6 is 15.9 Å². The fourth-order valence-corrected chi connectivity index (χ4v) is 6.59. The molecule has 0 radical (unpaired) electrons. The smallest absolute Gasteiger partial charge is 0.238 e. The molecule has 4 aliphatic rings. The molecule has 2 amide bonds. The molecule has 6 rings (SSSR count). The van der Waals surface area contributed by atoms with E-state index in [0.29, 0.717) is 11.3 Å². The minimum absolute atomic E-state index is 0.121. The summed E-state index contributed by atoms with van der Waals surface area (Å²) in [5, 5.41) is 10.7. The molecule has 1 N–H and O–H groups in total. The van der Waals surface area contributed by atoms with Gasteiger partial charge >= 0.3 is 0 Å². The Morgan fingerprint density at radius 3 is 2.46 bits per heavy atom. The number of phenols is 1. The summed E-state index contributed by atoms with van der Waals surface area (Å²) in [5.41, 5.74) is 2.04. The summed E-state index contributed by atoms with van der Waals surface area (Å²) in [7, 11) is 0. The first-order chi connectivity index (χ1) is 17.7. The molecule has 0 unspecified atom stereocenters. The van der Waals surface area contributed by atoms with Crippen molar-refractivity contribution < 1.29 is 28.7 Å². The van der Waals surface area contributed by atoms with E-state index < -0.39 is 35.2 Å². The number of hydrogen-bond donors (Lipinski definition) is 1. The molecule has 3 aliphatic carbocycles. The number of hydrogen-bond acceptors (Lipinski definition) is 5. The lowest BCUT2D eigenvalue weighted by Crippen LogP contribution is -2.39. The summed E-state index contributed by atoms with van der Waals surface area (Å²) < 4.78 is 15.3. The van der Waals surface area contributed by atoms with Gasteiger partial charge in [0.05, 0.1) is 17.5 Å². The SMILES string of the molecule is CC1=CC(=O)C2=C(C1=O)[C@@H](c1cccc(F)c1O)C1=CC[C@@H]3C(=O)N(c4ccc(Br)cc4)C(=O)[C@@H]3[C@@H]1C2. The molecule has 2 aromatic carbocycles. The molecule has 0 bridgehead atoms. The summed E-state index contributed by atoms with van der Waals surface area (Å²) in [6, 6.07) is 11.0. The topological polar surface area (TPSA) is 91.8 Å². The van der Waals surface area contributed by atoms with Gasteiger partial charge in [-0.3, -0.25) is 24.1 Å². The number of fused-ring (bicyclic) bond motifs is 3. The molecule has 0 aromatic heterocycles. The average Bonchev–Trinajstić information content (AvgIpc) is 3.13. The van der Waals surface area contributed by atoms with Gasteiger partial charge in [0.2, 0.25) is 11.8 Å². The molecule has 1 aliphatic heterocycles. The molecule has 1 heterocycles. The summed E-state index contributed by atoms with van der Waals surface area (Å²) in [4.78, 5) is 54.9. The van der Waals surface area contributed by atoms with Crippen molar-refractivity contribution in [2.24, 2.45) is 17.8 Å². The Kier molecular flexibility index (Phi) is 5.42. The van der Waals surface area contributed by atoms with Gasteiger partial charge < -0.3 is 5.11 Å². The van der Waals surface area contributed by atoms with Gasteiger partial charge in [0.1, 0.15) is 0 Å². The van der Waals surface area contributed by atoms with Gasteiger partial charge in [-0.25, -0.2) is 4.39 Å². The minimum Gasteiger partial charge on any atom is -0.505 e. The van der Waals surface area contributed by atoms with E-state index in [-0.39, 0.29) is 58.5 Å². The number of Topliss-reactive ketones (excluding diaryl/α,β-unsaturated/α-hetero) is 1. The van der Waals surface area contributed by atoms with Crippen molar-refractivity contribution in [1.82, 2.24) is 0 Å². The number of ketones is 2. The van der Waals surface area contributed by atoms with E-state index in [1.165, 1.54) is 23.1 Å². The number of carbonyl (C=O) groups is 4. The Labute approximate surface area is 220 Å². The maximum Gasteiger partial charge on any atom is 0.238 e. The van der Waals surface area contributed by atoms with Crippen LogP contribution in [0, 0.1) is 23.6 Å². The van der Waals surface area contributed by atoms with Crippen molar-refractivity contribution in [2.75, 3.05) is 4.90 Å². The molecule has 2 aromatic rings. The van der Waals surface area contributed by atoms with Crippen LogP contribution in [0.15, 0.2) is 81.4 Å². The highest BCUT2D eigenvalue weighted by atomic mass is 79.9. The third kappa shape index (κ3) is 3.42. The van der Waals surface area contributed by atoms with E-state index in [4.69, 9.17) is 0 Å². The lowest BCUT2D eigenvalue weighted by atomic mass is 9.59. The van der Waals surface area contributed by atoms with E-state index in [0.717, 1.165) is 10.5 Å². The zero-order chi connectivity index (χ0) is 26.2. The van der Waals surface area contributed by atoms with Crippen molar-refractivity contribution in [2.45, 2.75) is 25.7 Å². The number of allylic oxidation sites excluding steroid dienone is 6. The van der Waals surface area contributed by atoms with Gasteiger partial charge in [-0.15, -0.1) is 0 Å². The van der Waals surface area contributed by atoms with Gasteiger partial charge in [0, 0.05) is 32.7 Å². The van der Waals surface area contributed by atoms with Crippen molar-refractivity contribution >= 4 is 45.0 Å². The maximum atomic E-state index is 14.5. The fraction of sp³-hybridized carbons (Fsp3) is 0.241. The molecular weight excluding hydrogens is 541 g/mol. The Balaban J connectivity index is 1.50. The number of halogens is 2. The van der Waals surface area contributed by atoms with E-state index in [1.807, 2.05) is 6.08 Å². The van der Waals surface area contributed by atoms with Crippen molar-refractivity contribution in [1.29, 1.82) is 0 Å². The number of phenolic OH excluding ortho intramolecular Hbond substituents is 1. The van der Waals surface area contributed by atoms with Crippen molar-refractivity contribution in [3.05, 3.63) is 92.8 Å². The lowest BCUT2D eigenvalue weighted by molar-refractivity contribution is -0.123. The van der Waals surface area contributed by atoms with Crippen LogP contribution in [0.4, 0.5) is 10.1 Å². The van der Waals surface area contributed by atoms with Crippen LogP contribution in [0.5, 0.6) is 5.75 Å². The molecular formula is C29H21BrFNO5. The largest absolute Gasteiger partial charge is 0.505 e. The molecule has 0 saturated carbocycles. The molecule has 1 saturated heterocycles. The Bertz CT molecular complexity index is 1520. The zero-order valence-electron chi connectivity index (χ0n) is 19.7. The number of carbonyl (C=O) groups excluding carboxylic acids is 4. The van der Waals surface area contributed by atoms with Gasteiger partial charge in [-0.1, -0.05) is 39.7 Å². The molecule has 6 nitrogen and oxygen atoms in total. The number of anilines is 1. The van der Waals surface area contributed by atoms with Crippen LogP contribution in [0.3, 0.4) is 0 Å². The number of aromatic hydroxyl groups is 1. The zero-order valence-corrected chi connectivity index (χ0v) is 21.3. The molecule has 8 heteroatoms. The van der Waals surface area contributed by atoms with Crippen LogP contribution in [-0.2, 0) is 19.2 Å². The summed E-state index contributed by atoms with van der Waals surface area (Å²) in [5.74, 6) is -5.57. The monoisotopic (exact) mass is 561 g/mol. The average molecular weight is 562 g/mol. The van der Waals surface area contributed by atoms with Crippen LogP contribution in [0.2, 0.25) is 0 Å². The highest BCUT2D eigenvalue weighted by Crippen LogP contribution is 2.56. The van der Waals surface area contributed by atoms with Crippen LogP contribution < -0.4 is 4.90 Å². The number of para-hydroxylation sites is 1. The maximum absolute atomic E-state index is 14.5. The first kappa shape index (κ1) is 23.7. The third-order valence-electron chi connectivity index (χ3n) is 7.98. The summed E-state index contributed by atoms with van der Waals surface area (Å²) in [6.45, 7) is 1.55. The molecule has 1 fully saturated rings. The number of benzene rings is 2. The summed E-state index contributed by atoms with van der Waals surface area (Å²) in [6.07, 6.45) is 3.51. The second kappa shape index (κ2) is 8.45. The second-order valence-corrected chi connectivity index (χ2v) is 10.8. The number of nitrogens with zero attached hydrogens (tertiary/aromatic N) is 1. The first-order valence-electron chi connectivity index (χ1n) is 12.0. The second-order valence-electron chi connectivity index (χ2n) is 9.89. The normalized spacial score (nSPS) is 27.1. The predicted octanol–water partition coefficient (Wildman–Crippen LogP) is 4.93. The van der Waals surface area contributed by atoms with Gasteiger partial charge in [-0.2, -0.15) is 0 Å². The quantitative estimate of drug-likeness (QED) is 0.319. The standard InChI is InChI=1S/C29H21BrFNO5/c1-13-11-22(33)20-12-19-16(23(25(20)26(13)34)17-3-2-4-21(31)27(17)35)9-10-18-24(19)29(37)32(28(18)36)15-7-5-14(30)6-8-15/h2-9,11,18-19,23-24,35H,10,12H2,1H3/t18-,19+,23+,24-/m0/s1. The highest BCUT2D eigenvalue weighted by Gasteiger charge is 2.56. The van der Waals surface area contributed by atoms with Gasteiger partial charge in [0.15, 0.2) is 23.1 Å². The number of amides is 2. The van der Waals surface area contributed by atoms with E-state index >= 15 is 0 Å². The number of imide groups is 1. The van der Waals surface area contributed by atoms with Crippen LogP contribution in [0.1, 0.15) is 31.2 Å².